The van der Waals surface area contributed by atoms with Gasteiger partial charge in [0.15, 0.2) is 5.96 Å². The molecule has 0 radical (unpaired) electrons. The third-order valence-electron chi connectivity index (χ3n) is 3.59. The highest BCUT2D eigenvalue weighted by Crippen LogP contribution is 2.01. The normalized spacial score (nSPS) is 14.7. The van der Waals surface area contributed by atoms with Crippen LogP contribution in [0.15, 0.2) is 4.99 Å². The lowest BCUT2D eigenvalue weighted by molar-refractivity contribution is -0.141. The molecule has 0 aliphatic heterocycles. The second kappa shape index (κ2) is 12.5. The van der Waals surface area contributed by atoms with Crippen molar-refractivity contribution in [3.8, 4) is 0 Å². The van der Waals surface area contributed by atoms with Crippen LogP contribution in [0.2, 0.25) is 0 Å². The summed E-state index contributed by atoms with van der Waals surface area (Å²) in [7, 11) is 0. The van der Waals surface area contributed by atoms with Crippen molar-refractivity contribution in [3.05, 3.63) is 0 Å². The minimum Gasteiger partial charge on any atom is -0.480 e. The molecule has 4 unspecified atom stereocenters. The SMILES string of the molecule is CC(NC(=O)C(CCCN=C(N)N)NC(=O)C(C)NC(=O)C(N)CO)C(=O)O. The van der Waals surface area contributed by atoms with E-state index >= 15 is 0 Å². The molecule has 13 nitrogen and oxygen atoms in total. The summed E-state index contributed by atoms with van der Waals surface area (Å²) in [6, 6.07) is -4.47. The number of carboxylic acids is 1. The Morgan fingerprint density at radius 3 is 2.04 bits per heavy atom. The van der Waals surface area contributed by atoms with Crippen LogP contribution < -0.4 is 33.2 Å². The van der Waals surface area contributed by atoms with Crippen LogP contribution in [-0.4, -0.2) is 77.2 Å². The number of amides is 3. The van der Waals surface area contributed by atoms with Gasteiger partial charge < -0.3 is 43.4 Å². The van der Waals surface area contributed by atoms with Crippen molar-refractivity contribution in [1.82, 2.24) is 16.0 Å². The van der Waals surface area contributed by atoms with Gasteiger partial charge in [0, 0.05) is 6.54 Å². The molecule has 0 saturated carbocycles. The number of aliphatic carboxylic acids is 1. The van der Waals surface area contributed by atoms with E-state index in [4.69, 9.17) is 27.4 Å². The Labute approximate surface area is 162 Å². The van der Waals surface area contributed by atoms with Crippen LogP contribution in [0.25, 0.3) is 0 Å². The third kappa shape index (κ3) is 9.68. The van der Waals surface area contributed by atoms with Crippen molar-refractivity contribution in [2.75, 3.05) is 13.2 Å². The topological polar surface area (TPSA) is 235 Å². The van der Waals surface area contributed by atoms with E-state index in [1.54, 1.807) is 0 Å². The van der Waals surface area contributed by atoms with E-state index in [0.717, 1.165) is 0 Å². The Morgan fingerprint density at radius 2 is 1.54 bits per heavy atom. The molecule has 11 N–H and O–H groups in total. The van der Waals surface area contributed by atoms with Crippen LogP contribution in [0.1, 0.15) is 26.7 Å². The van der Waals surface area contributed by atoms with Crippen molar-refractivity contribution in [1.29, 1.82) is 0 Å². The number of nitrogens with one attached hydrogen (secondary N) is 3. The van der Waals surface area contributed by atoms with E-state index in [2.05, 4.69) is 20.9 Å². The van der Waals surface area contributed by atoms with Crippen LogP contribution in [-0.2, 0) is 19.2 Å². The molecule has 160 valence electrons. The molecule has 3 amide bonds. The lowest BCUT2D eigenvalue weighted by atomic mass is 10.1. The number of rotatable bonds is 12. The number of carbonyl (C=O) groups excluding carboxylic acids is 3. The van der Waals surface area contributed by atoms with E-state index in [1.165, 1.54) is 13.8 Å². The standard InChI is InChI=1S/C15H29N7O6/c1-7(20-12(25)9(16)6-23)11(24)22-10(4-3-5-19-15(17)18)13(26)21-8(2)14(27)28/h7-10,23H,3-6,16H2,1-2H3,(H,20,25)(H,21,26)(H,22,24)(H,27,28)(H4,17,18,19). The summed E-state index contributed by atoms with van der Waals surface area (Å²) in [6.07, 6.45) is 0.450. The minimum absolute atomic E-state index is 0.123. The van der Waals surface area contributed by atoms with Crippen LogP contribution in [0.3, 0.4) is 0 Å². The first kappa shape index (κ1) is 25.1. The molecule has 0 aromatic carbocycles. The first-order valence-electron chi connectivity index (χ1n) is 8.55. The molecular formula is C15H29N7O6. The van der Waals surface area contributed by atoms with Crippen molar-refractivity contribution < 1.29 is 29.4 Å². The molecule has 0 aromatic heterocycles. The summed E-state index contributed by atoms with van der Waals surface area (Å²) in [4.78, 5) is 50.9. The molecule has 0 aliphatic carbocycles. The second-order valence-electron chi connectivity index (χ2n) is 6.10. The molecule has 0 aliphatic rings. The molecule has 0 heterocycles. The zero-order valence-corrected chi connectivity index (χ0v) is 15.8. The molecule has 28 heavy (non-hydrogen) atoms. The number of aliphatic imine (C=N–C) groups is 1. The lowest BCUT2D eigenvalue weighted by Gasteiger charge is -2.22. The number of nitrogens with zero attached hydrogens (tertiary/aromatic N) is 1. The Bertz CT molecular complexity index is 593. The Hall–Kier alpha value is -2.93. The van der Waals surface area contributed by atoms with Crippen molar-refractivity contribution in [3.63, 3.8) is 0 Å². The molecule has 0 saturated heterocycles. The maximum atomic E-state index is 12.3. The van der Waals surface area contributed by atoms with Crippen LogP contribution >= 0.6 is 0 Å². The van der Waals surface area contributed by atoms with Gasteiger partial charge in [0.05, 0.1) is 6.61 Å². The van der Waals surface area contributed by atoms with Gasteiger partial charge in [-0.25, -0.2) is 0 Å². The monoisotopic (exact) mass is 403 g/mol. The van der Waals surface area contributed by atoms with Gasteiger partial charge in [0.25, 0.3) is 0 Å². The summed E-state index contributed by atoms with van der Waals surface area (Å²) < 4.78 is 0. The van der Waals surface area contributed by atoms with Crippen molar-refractivity contribution >= 4 is 29.7 Å². The molecule has 4 atom stereocenters. The Kier molecular flexibility index (Phi) is 11.2. The molecule has 0 fully saturated rings. The molecular weight excluding hydrogens is 374 g/mol. The fourth-order valence-electron chi connectivity index (χ4n) is 1.91. The first-order chi connectivity index (χ1) is 13.0. The maximum absolute atomic E-state index is 12.3. The third-order valence-corrected chi connectivity index (χ3v) is 3.59. The highest BCUT2D eigenvalue weighted by molar-refractivity contribution is 5.93. The van der Waals surface area contributed by atoms with Gasteiger partial charge in [-0.3, -0.25) is 24.2 Å². The average Bonchev–Trinajstić information content (AvgIpc) is 2.62. The number of hydrogen-bond acceptors (Lipinski definition) is 7. The van der Waals surface area contributed by atoms with Gasteiger partial charge in [-0.1, -0.05) is 0 Å². The van der Waals surface area contributed by atoms with Crippen molar-refractivity contribution in [2.24, 2.45) is 22.2 Å². The molecule has 0 spiro atoms. The molecule has 0 bridgehead atoms. The highest BCUT2D eigenvalue weighted by atomic mass is 16.4. The number of carbonyl (C=O) groups is 4. The number of aliphatic hydroxyl groups is 1. The number of guanidine groups is 1. The zero-order valence-electron chi connectivity index (χ0n) is 15.8. The quantitative estimate of drug-likeness (QED) is 0.0897. The van der Waals surface area contributed by atoms with Gasteiger partial charge in [-0.2, -0.15) is 0 Å². The second-order valence-corrected chi connectivity index (χ2v) is 6.10. The average molecular weight is 403 g/mol. The van der Waals surface area contributed by atoms with Gasteiger partial charge in [0.2, 0.25) is 17.7 Å². The lowest BCUT2D eigenvalue weighted by Crippen LogP contribution is -2.56. The fourth-order valence-corrected chi connectivity index (χ4v) is 1.91. The van der Waals surface area contributed by atoms with Gasteiger partial charge in [0.1, 0.15) is 24.2 Å². The Morgan fingerprint density at radius 1 is 0.964 bits per heavy atom. The Balaban J connectivity index is 4.99. The zero-order chi connectivity index (χ0) is 21.9. The highest BCUT2D eigenvalue weighted by Gasteiger charge is 2.27. The minimum atomic E-state index is -1.24. The maximum Gasteiger partial charge on any atom is 0.325 e. The van der Waals surface area contributed by atoms with Gasteiger partial charge in [-0.15, -0.1) is 0 Å². The van der Waals surface area contributed by atoms with Gasteiger partial charge in [-0.05, 0) is 26.7 Å². The predicted molar refractivity (Wildman–Crippen MR) is 99.7 cm³/mol. The summed E-state index contributed by atoms with van der Waals surface area (Å²) in [5.41, 5.74) is 15.8. The predicted octanol–water partition coefficient (Wildman–Crippen LogP) is -4.06. The van der Waals surface area contributed by atoms with E-state index < -0.39 is 54.5 Å². The van der Waals surface area contributed by atoms with Crippen LogP contribution in [0.4, 0.5) is 0 Å². The summed E-state index contributed by atoms with van der Waals surface area (Å²) in [5.74, 6) is -3.50. The fraction of sp³-hybridized carbons (Fsp3) is 0.667. The molecule has 13 heteroatoms. The van der Waals surface area contributed by atoms with Gasteiger partial charge >= 0.3 is 5.97 Å². The molecule has 0 aromatic rings. The van der Waals surface area contributed by atoms with Crippen LogP contribution in [0, 0.1) is 0 Å². The summed E-state index contributed by atoms with van der Waals surface area (Å²) >= 11 is 0. The number of nitrogens with two attached hydrogens (primary N) is 3. The van der Waals surface area contributed by atoms with E-state index in [-0.39, 0.29) is 18.9 Å². The summed E-state index contributed by atoms with van der Waals surface area (Å²) in [6.45, 7) is 2.25. The van der Waals surface area contributed by atoms with E-state index in [0.29, 0.717) is 6.42 Å². The first-order valence-corrected chi connectivity index (χ1v) is 8.55. The number of carboxylic acid groups (broad SMARTS) is 1. The van der Waals surface area contributed by atoms with Crippen LogP contribution in [0.5, 0.6) is 0 Å². The summed E-state index contributed by atoms with van der Waals surface area (Å²) in [5, 5.41) is 24.8. The molecule has 0 rings (SSSR count). The smallest absolute Gasteiger partial charge is 0.325 e. The van der Waals surface area contributed by atoms with E-state index in [9.17, 15) is 19.2 Å². The largest absolute Gasteiger partial charge is 0.480 e. The van der Waals surface area contributed by atoms with Crippen molar-refractivity contribution in [2.45, 2.75) is 50.9 Å². The van der Waals surface area contributed by atoms with E-state index in [1.807, 2.05) is 0 Å². The number of hydrogen-bond donors (Lipinski definition) is 8. The number of aliphatic hydroxyl groups excluding tert-OH is 1.